The normalized spacial score (nSPS) is 31.1. The Morgan fingerprint density at radius 3 is 1.16 bits per heavy atom. The molecule has 5 atom stereocenters. The van der Waals surface area contributed by atoms with Gasteiger partial charge in [0.15, 0.2) is 0 Å². The van der Waals surface area contributed by atoms with Crippen molar-refractivity contribution in [2.45, 2.75) is 30.5 Å². The van der Waals surface area contributed by atoms with Crippen LogP contribution in [-0.2, 0) is 23.7 Å². The first-order valence-corrected chi connectivity index (χ1v) is 11.4. The Bertz CT molecular complexity index is 747. The van der Waals surface area contributed by atoms with Crippen molar-refractivity contribution in [2.24, 2.45) is 0 Å². The Morgan fingerprint density at radius 2 is 0.875 bits per heavy atom. The molecular weight excluding hydrogens is 416 g/mol. The molecule has 0 aromatic carbocycles. The standard InChI is InChI=1S/C21H30N6O5/c1-2-3-25(4-14-9-28-14)19-22-20(26(5-15-10-29-15)6-16-11-30-16)24-21(23-19)27(7-17-12-31-17)8-18-13-32-18/h2,14-18H,1,3-13H2. The molecule has 5 aliphatic heterocycles. The molecule has 0 radical (unpaired) electrons. The second kappa shape index (κ2) is 8.71. The van der Waals surface area contributed by atoms with Crippen molar-refractivity contribution in [3.05, 3.63) is 12.7 Å². The van der Waals surface area contributed by atoms with Crippen LogP contribution >= 0.6 is 0 Å². The summed E-state index contributed by atoms with van der Waals surface area (Å²) in [6, 6.07) is 0. The summed E-state index contributed by atoms with van der Waals surface area (Å²) in [4.78, 5) is 21.2. The number of hydrogen-bond donors (Lipinski definition) is 0. The Hall–Kier alpha value is -2.05. The Morgan fingerprint density at radius 1 is 0.594 bits per heavy atom. The predicted molar refractivity (Wildman–Crippen MR) is 115 cm³/mol. The molecule has 1 aromatic rings. The van der Waals surface area contributed by atoms with Crippen LogP contribution in [0.15, 0.2) is 12.7 Å². The molecule has 6 heterocycles. The molecular formula is C21H30N6O5. The van der Waals surface area contributed by atoms with Crippen LogP contribution < -0.4 is 14.7 Å². The van der Waals surface area contributed by atoms with Crippen molar-refractivity contribution >= 4 is 17.8 Å². The van der Waals surface area contributed by atoms with E-state index in [4.69, 9.17) is 38.6 Å². The van der Waals surface area contributed by atoms with E-state index in [0.29, 0.717) is 24.4 Å². The van der Waals surface area contributed by atoms with Crippen LogP contribution in [0.4, 0.5) is 17.8 Å². The zero-order valence-electron chi connectivity index (χ0n) is 18.2. The Balaban J connectivity index is 1.32. The van der Waals surface area contributed by atoms with E-state index in [0.717, 1.165) is 65.8 Å². The van der Waals surface area contributed by atoms with Gasteiger partial charge in [0.05, 0.1) is 63.6 Å². The van der Waals surface area contributed by atoms with E-state index in [2.05, 4.69) is 21.3 Å². The third kappa shape index (κ3) is 5.65. The highest BCUT2D eigenvalue weighted by atomic mass is 16.6. The van der Waals surface area contributed by atoms with E-state index in [1.54, 1.807) is 0 Å². The molecule has 32 heavy (non-hydrogen) atoms. The second-order valence-corrected chi connectivity index (χ2v) is 9.02. The van der Waals surface area contributed by atoms with Gasteiger partial charge in [-0.05, 0) is 0 Å². The third-order valence-electron chi connectivity index (χ3n) is 5.93. The molecule has 0 amide bonds. The SMILES string of the molecule is C=CCN(CC1CO1)c1nc(N(CC2CO2)CC2CO2)nc(N(CC2CO2)CC2CO2)n1. The third-order valence-corrected chi connectivity index (χ3v) is 5.93. The lowest BCUT2D eigenvalue weighted by molar-refractivity contribution is 0.385. The molecule has 5 saturated heterocycles. The van der Waals surface area contributed by atoms with Crippen LogP contribution in [0, 0.1) is 0 Å². The minimum Gasteiger partial charge on any atom is -0.371 e. The number of nitrogens with zero attached hydrogens (tertiary/aromatic N) is 6. The Kier molecular flexibility index (Phi) is 5.59. The molecule has 0 N–H and O–H groups in total. The number of epoxide rings is 5. The molecule has 6 rings (SSSR count). The van der Waals surface area contributed by atoms with Crippen molar-refractivity contribution in [2.75, 3.05) is 87.0 Å². The van der Waals surface area contributed by atoms with E-state index in [1.807, 2.05) is 6.08 Å². The summed E-state index contributed by atoms with van der Waals surface area (Å²) in [5, 5.41) is 0. The maximum atomic E-state index is 5.50. The maximum Gasteiger partial charge on any atom is 0.232 e. The van der Waals surface area contributed by atoms with Gasteiger partial charge >= 0.3 is 0 Å². The van der Waals surface area contributed by atoms with Crippen LogP contribution in [0.3, 0.4) is 0 Å². The van der Waals surface area contributed by atoms with Gasteiger partial charge in [0.25, 0.3) is 0 Å². The number of hydrogen-bond acceptors (Lipinski definition) is 11. The van der Waals surface area contributed by atoms with E-state index in [1.165, 1.54) is 0 Å². The number of anilines is 3. The molecule has 5 fully saturated rings. The van der Waals surface area contributed by atoms with Gasteiger partial charge in [-0.1, -0.05) is 6.08 Å². The average Bonchev–Trinajstić information content (AvgIpc) is 3.60. The van der Waals surface area contributed by atoms with Crippen molar-refractivity contribution in [3.63, 3.8) is 0 Å². The van der Waals surface area contributed by atoms with Crippen molar-refractivity contribution in [3.8, 4) is 0 Å². The van der Waals surface area contributed by atoms with Gasteiger partial charge < -0.3 is 38.4 Å². The zero-order valence-corrected chi connectivity index (χ0v) is 18.2. The Labute approximate surface area is 187 Å². The molecule has 11 heteroatoms. The van der Waals surface area contributed by atoms with Crippen LogP contribution in [0.1, 0.15) is 0 Å². The van der Waals surface area contributed by atoms with Crippen LogP contribution in [0.5, 0.6) is 0 Å². The van der Waals surface area contributed by atoms with Crippen LogP contribution in [0.25, 0.3) is 0 Å². The zero-order chi connectivity index (χ0) is 21.5. The highest BCUT2D eigenvalue weighted by molar-refractivity contribution is 5.48. The van der Waals surface area contributed by atoms with Gasteiger partial charge in [0, 0.05) is 39.3 Å². The van der Waals surface area contributed by atoms with E-state index < -0.39 is 0 Å². The summed E-state index contributed by atoms with van der Waals surface area (Å²) in [6.07, 6.45) is 2.96. The molecule has 0 bridgehead atoms. The second-order valence-electron chi connectivity index (χ2n) is 9.02. The summed E-state index contributed by atoms with van der Waals surface area (Å²) in [5.74, 6) is 1.94. The van der Waals surface area contributed by atoms with Gasteiger partial charge in [-0.15, -0.1) is 6.58 Å². The minimum absolute atomic E-state index is 0.213. The largest absolute Gasteiger partial charge is 0.371 e. The molecule has 11 nitrogen and oxygen atoms in total. The smallest absolute Gasteiger partial charge is 0.232 e. The number of rotatable bonds is 15. The molecule has 174 valence electrons. The molecule has 0 aliphatic carbocycles. The molecule has 5 unspecified atom stereocenters. The fourth-order valence-electron chi connectivity index (χ4n) is 3.73. The lowest BCUT2D eigenvalue weighted by Crippen LogP contribution is -2.38. The van der Waals surface area contributed by atoms with Crippen LogP contribution in [-0.4, -0.2) is 118 Å². The first kappa shape index (κ1) is 20.5. The highest BCUT2D eigenvalue weighted by Crippen LogP contribution is 2.27. The monoisotopic (exact) mass is 446 g/mol. The molecule has 0 spiro atoms. The van der Waals surface area contributed by atoms with Gasteiger partial charge in [-0.25, -0.2) is 0 Å². The van der Waals surface area contributed by atoms with Gasteiger partial charge in [0.1, 0.15) is 0 Å². The summed E-state index contributed by atoms with van der Waals surface area (Å²) in [5.41, 5.74) is 0. The highest BCUT2D eigenvalue weighted by Gasteiger charge is 2.36. The van der Waals surface area contributed by atoms with Gasteiger partial charge in [-0.2, -0.15) is 15.0 Å². The average molecular weight is 447 g/mol. The van der Waals surface area contributed by atoms with Crippen molar-refractivity contribution in [1.29, 1.82) is 0 Å². The first-order valence-electron chi connectivity index (χ1n) is 11.4. The van der Waals surface area contributed by atoms with Gasteiger partial charge in [-0.3, -0.25) is 0 Å². The lowest BCUT2D eigenvalue weighted by atomic mass is 10.3. The summed E-state index contributed by atoms with van der Waals surface area (Å²) in [6.45, 7) is 12.1. The van der Waals surface area contributed by atoms with Crippen molar-refractivity contribution < 1.29 is 23.7 Å². The fraction of sp³-hybridized carbons (Fsp3) is 0.762. The van der Waals surface area contributed by atoms with E-state index in [-0.39, 0.29) is 30.5 Å². The topological polar surface area (TPSA) is 111 Å². The summed E-state index contributed by atoms with van der Waals surface area (Å²) < 4.78 is 27.5. The summed E-state index contributed by atoms with van der Waals surface area (Å²) in [7, 11) is 0. The number of aromatic nitrogens is 3. The lowest BCUT2D eigenvalue weighted by Gasteiger charge is -2.28. The fourth-order valence-corrected chi connectivity index (χ4v) is 3.73. The van der Waals surface area contributed by atoms with Crippen LogP contribution in [0.2, 0.25) is 0 Å². The van der Waals surface area contributed by atoms with E-state index in [9.17, 15) is 0 Å². The van der Waals surface area contributed by atoms with Crippen molar-refractivity contribution in [1.82, 2.24) is 15.0 Å². The number of ether oxygens (including phenoxy) is 5. The quantitative estimate of drug-likeness (QED) is 0.256. The van der Waals surface area contributed by atoms with Gasteiger partial charge in [0.2, 0.25) is 17.8 Å². The first-order chi connectivity index (χ1) is 15.7. The predicted octanol–water partition coefficient (Wildman–Crippen LogP) is -0.529. The molecule has 1 aromatic heterocycles. The van der Waals surface area contributed by atoms with E-state index >= 15 is 0 Å². The minimum atomic E-state index is 0.213. The molecule has 5 aliphatic rings. The summed E-state index contributed by atoms with van der Waals surface area (Å²) >= 11 is 0. The molecule has 0 saturated carbocycles. The maximum absolute atomic E-state index is 5.50.